The average Bonchev–Trinajstić information content (AvgIpc) is 2.98. The Kier molecular flexibility index (Phi) is 5.40. The van der Waals surface area contributed by atoms with Crippen molar-refractivity contribution in [3.8, 4) is 0 Å². The number of nitrogens with zero attached hydrogens (tertiary/aromatic N) is 2. The third kappa shape index (κ3) is 3.95. The molecule has 2 heterocycles. The number of hydrogen-bond donors (Lipinski definition) is 1. The summed E-state index contributed by atoms with van der Waals surface area (Å²) in [6.07, 6.45) is 5.35. The number of carboxylic acids is 1. The van der Waals surface area contributed by atoms with E-state index in [1.54, 1.807) is 0 Å². The Labute approximate surface area is 120 Å². The number of carbonyl (C=O) groups is 2. The van der Waals surface area contributed by atoms with Crippen molar-refractivity contribution < 1.29 is 14.7 Å². The Balaban J connectivity index is 1.75. The van der Waals surface area contributed by atoms with E-state index in [9.17, 15) is 9.59 Å². The number of aliphatic carboxylic acids is 1. The molecule has 2 aliphatic heterocycles. The molecule has 0 radical (unpaired) electrons. The molecule has 0 aromatic rings. The summed E-state index contributed by atoms with van der Waals surface area (Å²) < 4.78 is 0. The molecule has 2 rings (SSSR count). The number of rotatable bonds is 5. The van der Waals surface area contributed by atoms with Crippen molar-refractivity contribution in [3.63, 3.8) is 0 Å². The van der Waals surface area contributed by atoms with Crippen molar-refractivity contribution >= 4 is 11.9 Å². The molecule has 0 aliphatic carbocycles. The monoisotopic (exact) mass is 282 g/mol. The van der Waals surface area contributed by atoms with Crippen LogP contribution in [0.3, 0.4) is 0 Å². The van der Waals surface area contributed by atoms with Gasteiger partial charge >= 0.3 is 5.97 Å². The lowest BCUT2D eigenvalue weighted by molar-refractivity contribution is -0.137. The summed E-state index contributed by atoms with van der Waals surface area (Å²) in [4.78, 5) is 27.2. The van der Waals surface area contributed by atoms with Crippen LogP contribution in [-0.4, -0.2) is 59.0 Å². The highest BCUT2D eigenvalue weighted by Crippen LogP contribution is 2.24. The molecule has 1 unspecified atom stereocenters. The van der Waals surface area contributed by atoms with Gasteiger partial charge in [-0.2, -0.15) is 0 Å². The number of carbonyl (C=O) groups excluding carboxylic acids is 1. The molecule has 114 valence electrons. The van der Waals surface area contributed by atoms with Crippen LogP contribution in [0.15, 0.2) is 0 Å². The summed E-state index contributed by atoms with van der Waals surface area (Å²) >= 11 is 0. The SMILES string of the molecule is CC(C(=O)N1CCCC1)N1CCC(CCC(=O)O)CC1. The Morgan fingerprint density at radius 2 is 1.75 bits per heavy atom. The van der Waals surface area contributed by atoms with Crippen molar-refractivity contribution in [3.05, 3.63) is 0 Å². The molecule has 5 nitrogen and oxygen atoms in total. The predicted octanol–water partition coefficient (Wildman–Crippen LogP) is 1.57. The van der Waals surface area contributed by atoms with Gasteiger partial charge in [0.15, 0.2) is 0 Å². The number of amides is 1. The fourth-order valence-electron chi connectivity index (χ4n) is 3.31. The van der Waals surface area contributed by atoms with Gasteiger partial charge in [0, 0.05) is 19.5 Å². The molecule has 2 saturated heterocycles. The van der Waals surface area contributed by atoms with Gasteiger partial charge in [0.05, 0.1) is 6.04 Å². The summed E-state index contributed by atoms with van der Waals surface area (Å²) in [5.41, 5.74) is 0. The second-order valence-electron chi connectivity index (χ2n) is 6.12. The van der Waals surface area contributed by atoms with Crippen LogP contribution in [0, 0.1) is 5.92 Å². The largest absolute Gasteiger partial charge is 0.481 e. The standard InChI is InChI=1S/C15H26N2O3/c1-12(15(20)17-8-2-3-9-17)16-10-6-13(7-11-16)4-5-14(18)19/h12-13H,2-11H2,1H3,(H,18,19). The molecule has 20 heavy (non-hydrogen) atoms. The van der Waals surface area contributed by atoms with Crippen molar-refractivity contribution in [1.29, 1.82) is 0 Å². The molecular formula is C15H26N2O3. The van der Waals surface area contributed by atoms with E-state index in [1.807, 2.05) is 11.8 Å². The zero-order valence-corrected chi connectivity index (χ0v) is 12.4. The van der Waals surface area contributed by atoms with Gasteiger partial charge in [-0.05, 0) is 58.0 Å². The van der Waals surface area contributed by atoms with E-state index in [0.29, 0.717) is 5.92 Å². The van der Waals surface area contributed by atoms with Gasteiger partial charge in [0.25, 0.3) is 0 Å². The second-order valence-corrected chi connectivity index (χ2v) is 6.12. The van der Waals surface area contributed by atoms with E-state index in [2.05, 4.69) is 4.90 Å². The summed E-state index contributed by atoms with van der Waals surface area (Å²) in [7, 11) is 0. The Morgan fingerprint density at radius 1 is 1.15 bits per heavy atom. The summed E-state index contributed by atoms with van der Waals surface area (Å²) in [5, 5.41) is 8.72. The van der Waals surface area contributed by atoms with Gasteiger partial charge < -0.3 is 10.0 Å². The second kappa shape index (κ2) is 7.07. The molecule has 2 aliphatic rings. The van der Waals surface area contributed by atoms with Crippen LogP contribution in [-0.2, 0) is 9.59 Å². The van der Waals surface area contributed by atoms with E-state index in [4.69, 9.17) is 5.11 Å². The Morgan fingerprint density at radius 3 is 2.30 bits per heavy atom. The highest BCUT2D eigenvalue weighted by molar-refractivity contribution is 5.81. The molecule has 1 atom stereocenters. The van der Waals surface area contributed by atoms with Crippen molar-refractivity contribution in [2.24, 2.45) is 5.92 Å². The van der Waals surface area contributed by atoms with Crippen LogP contribution in [0.5, 0.6) is 0 Å². The number of piperidine rings is 1. The highest BCUT2D eigenvalue weighted by atomic mass is 16.4. The first-order valence-corrected chi connectivity index (χ1v) is 7.82. The maximum absolute atomic E-state index is 12.3. The van der Waals surface area contributed by atoms with Crippen molar-refractivity contribution in [2.45, 2.75) is 51.5 Å². The molecule has 1 N–H and O–H groups in total. The van der Waals surface area contributed by atoms with Crippen LogP contribution in [0.1, 0.15) is 45.4 Å². The molecule has 0 aromatic carbocycles. The Hall–Kier alpha value is -1.10. The molecule has 0 bridgehead atoms. The first-order valence-electron chi connectivity index (χ1n) is 7.82. The minimum atomic E-state index is -0.704. The smallest absolute Gasteiger partial charge is 0.303 e. The highest BCUT2D eigenvalue weighted by Gasteiger charge is 2.30. The quantitative estimate of drug-likeness (QED) is 0.831. The summed E-state index contributed by atoms with van der Waals surface area (Å²) in [6.45, 7) is 5.69. The fraction of sp³-hybridized carbons (Fsp3) is 0.867. The van der Waals surface area contributed by atoms with Crippen LogP contribution < -0.4 is 0 Å². The van der Waals surface area contributed by atoms with Gasteiger partial charge in [-0.3, -0.25) is 14.5 Å². The normalized spacial score (nSPS) is 22.9. The zero-order valence-electron chi connectivity index (χ0n) is 12.4. The first kappa shape index (κ1) is 15.3. The molecule has 1 amide bonds. The number of carboxylic acid groups (broad SMARTS) is 1. The lowest BCUT2D eigenvalue weighted by Gasteiger charge is -2.36. The van der Waals surface area contributed by atoms with E-state index in [1.165, 1.54) is 0 Å². The molecular weight excluding hydrogens is 256 g/mol. The van der Waals surface area contributed by atoms with Crippen LogP contribution in [0.25, 0.3) is 0 Å². The third-order valence-electron chi connectivity index (χ3n) is 4.74. The average molecular weight is 282 g/mol. The summed E-state index contributed by atoms with van der Waals surface area (Å²) in [6, 6.07) is -0.0199. The lowest BCUT2D eigenvalue weighted by Crippen LogP contribution is -2.49. The maximum atomic E-state index is 12.3. The van der Waals surface area contributed by atoms with E-state index in [-0.39, 0.29) is 18.4 Å². The zero-order chi connectivity index (χ0) is 14.5. The van der Waals surface area contributed by atoms with Gasteiger partial charge in [-0.15, -0.1) is 0 Å². The first-order chi connectivity index (χ1) is 9.58. The number of likely N-dealkylation sites (tertiary alicyclic amines) is 2. The van der Waals surface area contributed by atoms with E-state index >= 15 is 0 Å². The van der Waals surface area contributed by atoms with Crippen LogP contribution >= 0.6 is 0 Å². The topological polar surface area (TPSA) is 60.9 Å². The summed E-state index contributed by atoms with van der Waals surface area (Å²) in [5.74, 6) is 0.0768. The Bertz CT molecular complexity index is 345. The molecule has 0 saturated carbocycles. The van der Waals surface area contributed by atoms with Crippen molar-refractivity contribution in [1.82, 2.24) is 9.80 Å². The predicted molar refractivity (Wildman–Crippen MR) is 76.4 cm³/mol. The van der Waals surface area contributed by atoms with E-state index < -0.39 is 5.97 Å². The lowest BCUT2D eigenvalue weighted by atomic mass is 9.91. The van der Waals surface area contributed by atoms with Crippen LogP contribution in [0.4, 0.5) is 0 Å². The fourth-order valence-corrected chi connectivity index (χ4v) is 3.31. The molecule has 5 heteroatoms. The van der Waals surface area contributed by atoms with Gasteiger partial charge in [0.2, 0.25) is 5.91 Å². The molecule has 2 fully saturated rings. The third-order valence-corrected chi connectivity index (χ3v) is 4.74. The molecule has 0 spiro atoms. The van der Waals surface area contributed by atoms with Crippen molar-refractivity contribution in [2.75, 3.05) is 26.2 Å². The van der Waals surface area contributed by atoms with E-state index in [0.717, 1.165) is 58.3 Å². The van der Waals surface area contributed by atoms with Crippen LogP contribution in [0.2, 0.25) is 0 Å². The van der Waals surface area contributed by atoms with Gasteiger partial charge in [-0.25, -0.2) is 0 Å². The molecule has 0 aromatic heterocycles. The maximum Gasteiger partial charge on any atom is 0.303 e. The number of hydrogen-bond acceptors (Lipinski definition) is 3. The minimum absolute atomic E-state index is 0.0199. The van der Waals surface area contributed by atoms with Gasteiger partial charge in [-0.1, -0.05) is 0 Å². The minimum Gasteiger partial charge on any atom is -0.481 e. The van der Waals surface area contributed by atoms with Gasteiger partial charge in [0.1, 0.15) is 0 Å².